The lowest BCUT2D eigenvalue weighted by Gasteiger charge is -2.45. The van der Waals surface area contributed by atoms with Crippen molar-refractivity contribution in [1.82, 2.24) is 19.8 Å². The maximum Gasteiger partial charge on any atom is 0.0293 e. The molecule has 2 fully saturated rings. The van der Waals surface area contributed by atoms with Crippen LogP contribution in [0.1, 0.15) is 13.8 Å². The van der Waals surface area contributed by atoms with Crippen molar-refractivity contribution in [3.05, 3.63) is 0 Å². The normalized spacial score (nSPS) is 26.7. The van der Waals surface area contributed by atoms with E-state index in [1.54, 1.807) is 0 Å². The highest BCUT2D eigenvalue weighted by Gasteiger charge is 2.26. The van der Waals surface area contributed by atoms with Crippen molar-refractivity contribution in [1.29, 1.82) is 0 Å². The fourth-order valence-electron chi connectivity index (χ4n) is 2.79. The van der Waals surface area contributed by atoms with Crippen molar-refractivity contribution in [3.63, 3.8) is 0 Å². The summed E-state index contributed by atoms with van der Waals surface area (Å²) in [5.41, 5.74) is 0. The number of rotatable bonds is 3. The predicted octanol–water partition coefficient (Wildman–Crippen LogP) is 0.980. The average molecular weight is 366 g/mol. The van der Waals surface area contributed by atoms with Crippen molar-refractivity contribution in [2.45, 2.75) is 17.3 Å². The topological polar surface area (TPSA) is 13.0 Å². The highest BCUT2D eigenvalue weighted by Crippen LogP contribution is 2.19. The lowest BCUT2D eigenvalue weighted by atomic mass is 10.2. The van der Waals surface area contributed by atoms with Crippen LogP contribution in [0.3, 0.4) is 0 Å². The Balaban J connectivity index is 1.73. The molecule has 2 rings (SSSR count). The van der Waals surface area contributed by atoms with Crippen molar-refractivity contribution < 1.29 is 0 Å². The molecule has 2 heterocycles. The molecule has 5 heteroatoms. The van der Waals surface area contributed by atoms with Gasteiger partial charge in [0.25, 0.3) is 0 Å². The second-order valence-corrected chi connectivity index (χ2v) is 9.13. The smallest absolute Gasteiger partial charge is 0.0293 e. The fraction of sp³-hybridized carbons (Fsp3) is 1.00. The summed E-state index contributed by atoms with van der Waals surface area (Å²) in [7, 11) is 2.22. The molecule has 0 atom stereocenters. The first-order chi connectivity index (χ1) is 8.44. The summed E-state index contributed by atoms with van der Waals surface area (Å²) >= 11 is 2.56. The molecule has 4 nitrogen and oxygen atoms in total. The molecule has 0 aromatic heterocycles. The zero-order valence-electron chi connectivity index (χ0n) is 12.0. The summed E-state index contributed by atoms with van der Waals surface area (Å²) in [6.45, 7) is 15.5. The zero-order valence-corrected chi connectivity index (χ0v) is 14.2. The molecule has 2 saturated heterocycles. The van der Waals surface area contributed by atoms with Gasteiger partial charge in [0, 0.05) is 62.3 Å². The molecule has 2 aliphatic heterocycles. The molecule has 0 radical (unpaired) electrons. The minimum absolute atomic E-state index is 0.397. The van der Waals surface area contributed by atoms with Crippen LogP contribution >= 0.6 is 22.6 Å². The molecular formula is C13H27IN4. The van der Waals surface area contributed by atoms with Crippen molar-refractivity contribution >= 4 is 22.6 Å². The third kappa shape index (κ3) is 4.59. The van der Waals surface area contributed by atoms with Gasteiger partial charge in [0.2, 0.25) is 0 Å². The SMILES string of the molecule is CN1CCN(N2CCN(CC(C)(C)I)CC2)CC1. The van der Waals surface area contributed by atoms with E-state index in [0.717, 1.165) is 0 Å². The van der Waals surface area contributed by atoms with Gasteiger partial charge in [-0.3, -0.25) is 4.90 Å². The summed E-state index contributed by atoms with van der Waals surface area (Å²) in [6, 6.07) is 0. The van der Waals surface area contributed by atoms with Gasteiger partial charge in [-0.2, -0.15) is 0 Å². The minimum atomic E-state index is 0.397. The summed E-state index contributed by atoms with van der Waals surface area (Å²) in [6.07, 6.45) is 0. The molecule has 2 aliphatic rings. The monoisotopic (exact) mass is 366 g/mol. The molecular weight excluding hydrogens is 339 g/mol. The van der Waals surface area contributed by atoms with Gasteiger partial charge in [0.05, 0.1) is 0 Å². The number of hydrazine groups is 1. The van der Waals surface area contributed by atoms with Crippen LogP contribution in [0, 0.1) is 0 Å². The van der Waals surface area contributed by atoms with Crippen molar-refractivity contribution in [2.24, 2.45) is 0 Å². The summed E-state index contributed by atoms with van der Waals surface area (Å²) in [5.74, 6) is 0. The number of nitrogens with zero attached hydrogens (tertiary/aromatic N) is 4. The number of piperazine rings is 2. The number of hydrogen-bond acceptors (Lipinski definition) is 4. The predicted molar refractivity (Wildman–Crippen MR) is 85.2 cm³/mol. The van der Waals surface area contributed by atoms with E-state index in [2.05, 4.69) is 63.3 Å². The van der Waals surface area contributed by atoms with Gasteiger partial charge in [0.1, 0.15) is 0 Å². The highest BCUT2D eigenvalue weighted by molar-refractivity contribution is 14.1. The molecule has 0 aliphatic carbocycles. The van der Waals surface area contributed by atoms with Gasteiger partial charge < -0.3 is 4.90 Å². The van der Waals surface area contributed by atoms with Gasteiger partial charge in [-0.05, 0) is 20.9 Å². The minimum Gasteiger partial charge on any atom is -0.304 e. The van der Waals surface area contributed by atoms with Gasteiger partial charge in [-0.25, -0.2) is 10.0 Å². The van der Waals surface area contributed by atoms with E-state index in [0.29, 0.717) is 3.42 Å². The van der Waals surface area contributed by atoms with E-state index in [1.807, 2.05) is 0 Å². The molecule has 18 heavy (non-hydrogen) atoms. The summed E-state index contributed by atoms with van der Waals surface area (Å²) in [5, 5.41) is 5.14. The lowest BCUT2D eigenvalue weighted by molar-refractivity contribution is -0.0789. The molecule has 0 aromatic rings. The van der Waals surface area contributed by atoms with Crippen LogP contribution in [-0.2, 0) is 0 Å². The van der Waals surface area contributed by atoms with E-state index < -0.39 is 0 Å². The standard InChI is InChI=1S/C13H27IN4/c1-13(2,14)12-16-6-10-18(11-7-16)17-8-4-15(3)5-9-17/h4-12H2,1-3H3. The van der Waals surface area contributed by atoms with Crippen molar-refractivity contribution in [2.75, 3.05) is 66.0 Å². The number of likely N-dealkylation sites (N-methyl/N-ethyl adjacent to an activating group) is 1. The van der Waals surface area contributed by atoms with Gasteiger partial charge in [-0.15, -0.1) is 0 Å². The average Bonchev–Trinajstić information content (AvgIpc) is 2.29. The summed E-state index contributed by atoms with van der Waals surface area (Å²) in [4.78, 5) is 5.03. The van der Waals surface area contributed by atoms with Gasteiger partial charge in [-0.1, -0.05) is 22.6 Å². The Morgan fingerprint density at radius 1 is 0.833 bits per heavy atom. The number of hydrogen-bond donors (Lipinski definition) is 0. The molecule has 0 unspecified atom stereocenters. The zero-order chi connectivity index (χ0) is 13.2. The Hall–Kier alpha value is 0.570. The Kier molecular flexibility index (Phi) is 5.28. The highest BCUT2D eigenvalue weighted by atomic mass is 127. The van der Waals surface area contributed by atoms with Crippen molar-refractivity contribution in [3.8, 4) is 0 Å². The largest absolute Gasteiger partial charge is 0.304 e. The van der Waals surface area contributed by atoms with Crippen LogP contribution < -0.4 is 0 Å². The second kappa shape index (κ2) is 6.35. The van der Waals surface area contributed by atoms with E-state index in [-0.39, 0.29) is 0 Å². The Labute approximate surface area is 125 Å². The van der Waals surface area contributed by atoms with Crippen LogP contribution in [0.5, 0.6) is 0 Å². The Morgan fingerprint density at radius 3 is 1.72 bits per heavy atom. The Morgan fingerprint density at radius 2 is 1.28 bits per heavy atom. The number of alkyl halides is 1. The second-order valence-electron chi connectivity index (χ2n) is 6.21. The molecule has 0 amide bonds. The van der Waals surface area contributed by atoms with E-state index in [9.17, 15) is 0 Å². The molecule has 0 bridgehead atoms. The van der Waals surface area contributed by atoms with E-state index >= 15 is 0 Å². The molecule has 0 saturated carbocycles. The molecule has 0 N–H and O–H groups in total. The van der Waals surface area contributed by atoms with Crippen LogP contribution in [0.25, 0.3) is 0 Å². The first-order valence-electron chi connectivity index (χ1n) is 7.04. The first kappa shape index (κ1) is 15.0. The first-order valence-corrected chi connectivity index (χ1v) is 8.11. The van der Waals surface area contributed by atoms with Crippen LogP contribution in [-0.4, -0.2) is 89.2 Å². The Bertz CT molecular complexity index is 250. The quantitative estimate of drug-likeness (QED) is 0.545. The maximum atomic E-state index is 2.61. The van der Waals surface area contributed by atoms with Crippen LogP contribution in [0.15, 0.2) is 0 Å². The molecule has 0 spiro atoms. The van der Waals surface area contributed by atoms with Crippen LogP contribution in [0.4, 0.5) is 0 Å². The van der Waals surface area contributed by atoms with E-state index in [1.165, 1.54) is 58.9 Å². The van der Waals surface area contributed by atoms with E-state index in [4.69, 9.17) is 0 Å². The molecule has 0 aromatic carbocycles. The third-order valence-corrected chi connectivity index (χ3v) is 4.17. The number of halogens is 1. The third-order valence-electron chi connectivity index (χ3n) is 3.83. The lowest BCUT2D eigenvalue weighted by Crippen LogP contribution is -2.59. The van der Waals surface area contributed by atoms with Gasteiger partial charge >= 0.3 is 0 Å². The summed E-state index contributed by atoms with van der Waals surface area (Å²) < 4.78 is 0.397. The fourth-order valence-corrected chi connectivity index (χ4v) is 3.27. The molecule has 106 valence electrons. The maximum absolute atomic E-state index is 2.61. The van der Waals surface area contributed by atoms with Gasteiger partial charge in [0.15, 0.2) is 0 Å². The van der Waals surface area contributed by atoms with Crippen LogP contribution in [0.2, 0.25) is 0 Å².